The lowest BCUT2D eigenvalue weighted by atomic mass is 10.2. The van der Waals surface area contributed by atoms with E-state index < -0.39 is 0 Å². The van der Waals surface area contributed by atoms with E-state index in [1.807, 2.05) is 6.92 Å². The van der Waals surface area contributed by atoms with E-state index in [2.05, 4.69) is 4.74 Å². The Morgan fingerprint density at radius 2 is 1.94 bits per heavy atom. The lowest BCUT2D eigenvalue weighted by Crippen LogP contribution is -2.43. The highest BCUT2D eigenvalue weighted by Gasteiger charge is 2.28. The van der Waals surface area contributed by atoms with Crippen molar-refractivity contribution in [3.8, 4) is 0 Å². The molecule has 0 aromatic heterocycles. The van der Waals surface area contributed by atoms with Gasteiger partial charge in [-0.2, -0.15) is 0 Å². The average molecular weight is 257 g/mol. The average Bonchev–Trinajstić information content (AvgIpc) is 2.89. The molecule has 1 saturated carbocycles. The Morgan fingerprint density at radius 1 is 1.28 bits per heavy atom. The largest absolute Gasteiger partial charge is 0.468 e. The van der Waals surface area contributed by atoms with Crippen LogP contribution in [0.1, 0.15) is 39.0 Å². The molecule has 0 bridgehead atoms. The summed E-state index contributed by atoms with van der Waals surface area (Å²) in [7, 11) is 1.35. The number of nitrogens with zero attached hydrogens (tertiary/aromatic N) is 1. The third-order valence-electron chi connectivity index (χ3n) is 3.28. The highest BCUT2D eigenvalue weighted by molar-refractivity contribution is 5.82. The lowest BCUT2D eigenvalue weighted by molar-refractivity contribution is -0.149. The van der Waals surface area contributed by atoms with Crippen molar-refractivity contribution in [2.24, 2.45) is 0 Å². The second-order valence-electron chi connectivity index (χ2n) is 4.48. The molecule has 18 heavy (non-hydrogen) atoms. The second-order valence-corrected chi connectivity index (χ2v) is 4.48. The maximum absolute atomic E-state index is 12.1. The molecule has 1 amide bonds. The maximum atomic E-state index is 12.1. The van der Waals surface area contributed by atoms with Crippen LogP contribution in [-0.4, -0.2) is 49.7 Å². The summed E-state index contributed by atoms with van der Waals surface area (Å²) in [4.78, 5) is 25.1. The number of amides is 1. The molecule has 1 rings (SSSR count). The summed E-state index contributed by atoms with van der Waals surface area (Å²) in [5, 5.41) is 0. The van der Waals surface area contributed by atoms with Gasteiger partial charge >= 0.3 is 5.97 Å². The van der Waals surface area contributed by atoms with Crippen molar-refractivity contribution >= 4 is 11.9 Å². The molecule has 1 aliphatic rings. The van der Waals surface area contributed by atoms with E-state index in [0.29, 0.717) is 19.6 Å². The van der Waals surface area contributed by atoms with E-state index in [4.69, 9.17) is 4.74 Å². The van der Waals surface area contributed by atoms with Crippen molar-refractivity contribution in [3.63, 3.8) is 0 Å². The van der Waals surface area contributed by atoms with Crippen LogP contribution in [0.25, 0.3) is 0 Å². The first-order valence-electron chi connectivity index (χ1n) is 6.63. The van der Waals surface area contributed by atoms with Crippen LogP contribution in [-0.2, 0) is 19.1 Å². The summed E-state index contributed by atoms with van der Waals surface area (Å²) in [6.07, 6.45) is 4.55. The molecule has 1 fully saturated rings. The van der Waals surface area contributed by atoms with Gasteiger partial charge in [0, 0.05) is 12.6 Å². The predicted octanol–water partition coefficient (Wildman–Crippen LogP) is 1.36. The molecule has 0 atom stereocenters. The Hall–Kier alpha value is -1.10. The molecule has 0 N–H and O–H groups in total. The molecular formula is C13H23NO4. The second kappa shape index (κ2) is 8.08. The van der Waals surface area contributed by atoms with Crippen LogP contribution in [0.3, 0.4) is 0 Å². The first-order chi connectivity index (χ1) is 8.69. The summed E-state index contributed by atoms with van der Waals surface area (Å²) < 4.78 is 9.84. The van der Waals surface area contributed by atoms with Crippen molar-refractivity contribution in [1.82, 2.24) is 4.90 Å². The fourth-order valence-corrected chi connectivity index (χ4v) is 2.29. The van der Waals surface area contributed by atoms with Crippen LogP contribution in [0, 0.1) is 0 Å². The normalized spacial score (nSPS) is 15.7. The lowest BCUT2D eigenvalue weighted by Gasteiger charge is -2.27. The minimum atomic E-state index is -0.355. The van der Waals surface area contributed by atoms with E-state index in [9.17, 15) is 9.59 Å². The zero-order valence-corrected chi connectivity index (χ0v) is 11.3. The molecule has 0 spiro atoms. The standard InChI is InChI=1S/C13H23NO4/c1-3-18-9-8-12(15)14(10-13(16)17-2)11-6-4-5-7-11/h11H,3-10H2,1-2H3. The Kier molecular flexibility index (Phi) is 6.72. The van der Waals surface area contributed by atoms with E-state index in [-0.39, 0.29) is 24.5 Å². The van der Waals surface area contributed by atoms with Gasteiger partial charge in [-0.25, -0.2) is 0 Å². The molecule has 0 saturated heterocycles. The summed E-state index contributed by atoms with van der Waals surface area (Å²) in [5.74, 6) is -0.368. The van der Waals surface area contributed by atoms with Gasteiger partial charge in [0.1, 0.15) is 6.54 Å². The number of carbonyl (C=O) groups is 2. The quantitative estimate of drug-likeness (QED) is 0.510. The summed E-state index contributed by atoms with van der Waals surface area (Å²) >= 11 is 0. The van der Waals surface area contributed by atoms with Crippen LogP contribution < -0.4 is 0 Å². The molecule has 104 valence electrons. The zero-order chi connectivity index (χ0) is 13.4. The molecule has 0 radical (unpaired) electrons. The van der Waals surface area contributed by atoms with Gasteiger partial charge in [-0.05, 0) is 19.8 Å². The number of hydrogen-bond acceptors (Lipinski definition) is 4. The Balaban J connectivity index is 2.52. The number of carbonyl (C=O) groups excluding carboxylic acids is 2. The van der Waals surface area contributed by atoms with Gasteiger partial charge in [-0.1, -0.05) is 12.8 Å². The molecule has 0 heterocycles. The van der Waals surface area contributed by atoms with Crippen molar-refractivity contribution in [2.45, 2.75) is 45.1 Å². The van der Waals surface area contributed by atoms with Crippen LogP contribution in [0.5, 0.6) is 0 Å². The van der Waals surface area contributed by atoms with Crippen LogP contribution in [0.15, 0.2) is 0 Å². The predicted molar refractivity (Wildman–Crippen MR) is 67.1 cm³/mol. The van der Waals surface area contributed by atoms with Crippen LogP contribution in [0.4, 0.5) is 0 Å². The van der Waals surface area contributed by atoms with E-state index in [0.717, 1.165) is 25.7 Å². The smallest absolute Gasteiger partial charge is 0.325 e. The third-order valence-corrected chi connectivity index (χ3v) is 3.28. The van der Waals surface area contributed by atoms with Gasteiger partial charge in [0.15, 0.2) is 0 Å². The summed E-state index contributed by atoms with van der Waals surface area (Å²) in [5.41, 5.74) is 0. The Morgan fingerprint density at radius 3 is 2.50 bits per heavy atom. The van der Waals surface area contributed by atoms with Crippen LogP contribution in [0.2, 0.25) is 0 Å². The number of ether oxygens (including phenoxy) is 2. The minimum Gasteiger partial charge on any atom is -0.468 e. The Bertz CT molecular complexity index is 274. The summed E-state index contributed by atoms with van der Waals surface area (Å²) in [6, 6.07) is 0.193. The van der Waals surface area contributed by atoms with Crippen molar-refractivity contribution in [2.75, 3.05) is 26.9 Å². The fourth-order valence-electron chi connectivity index (χ4n) is 2.29. The maximum Gasteiger partial charge on any atom is 0.325 e. The SMILES string of the molecule is CCOCCC(=O)N(CC(=O)OC)C1CCCC1. The van der Waals surface area contributed by atoms with E-state index in [1.165, 1.54) is 7.11 Å². The topological polar surface area (TPSA) is 55.8 Å². The van der Waals surface area contributed by atoms with Crippen molar-refractivity contribution in [3.05, 3.63) is 0 Å². The molecule has 0 aromatic rings. The van der Waals surface area contributed by atoms with Gasteiger partial charge in [-0.3, -0.25) is 9.59 Å². The fraction of sp³-hybridized carbons (Fsp3) is 0.846. The third kappa shape index (κ3) is 4.64. The van der Waals surface area contributed by atoms with Gasteiger partial charge in [0.25, 0.3) is 0 Å². The first-order valence-corrected chi connectivity index (χ1v) is 6.63. The molecular weight excluding hydrogens is 234 g/mol. The van der Waals surface area contributed by atoms with Gasteiger partial charge < -0.3 is 14.4 Å². The number of methoxy groups -OCH3 is 1. The van der Waals surface area contributed by atoms with Gasteiger partial charge in [-0.15, -0.1) is 0 Å². The van der Waals surface area contributed by atoms with E-state index >= 15 is 0 Å². The molecule has 5 nitrogen and oxygen atoms in total. The summed E-state index contributed by atoms with van der Waals surface area (Å²) in [6.45, 7) is 2.98. The minimum absolute atomic E-state index is 0.0132. The van der Waals surface area contributed by atoms with Crippen molar-refractivity contribution < 1.29 is 19.1 Å². The number of esters is 1. The van der Waals surface area contributed by atoms with Crippen LogP contribution >= 0.6 is 0 Å². The monoisotopic (exact) mass is 257 g/mol. The van der Waals surface area contributed by atoms with E-state index in [1.54, 1.807) is 4.90 Å². The first kappa shape index (κ1) is 15.0. The van der Waals surface area contributed by atoms with Gasteiger partial charge in [0.2, 0.25) is 5.91 Å². The van der Waals surface area contributed by atoms with Gasteiger partial charge in [0.05, 0.1) is 20.1 Å². The molecule has 1 aliphatic carbocycles. The highest BCUT2D eigenvalue weighted by atomic mass is 16.5. The molecule has 0 aliphatic heterocycles. The molecule has 0 unspecified atom stereocenters. The number of hydrogen-bond donors (Lipinski definition) is 0. The molecule has 0 aromatic carbocycles. The zero-order valence-electron chi connectivity index (χ0n) is 11.3. The molecule has 5 heteroatoms. The van der Waals surface area contributed by atoms with Crippen molar-refractivity contribution in [1.29, 1.82) is 0 Å². The Labute approximate surface area is 108 Å². The highest BCUT2D eigenvalue weighted by Crippen LogP contribution is 2.24. The number of rotatable bonds is 7.